The Morgan fingerprint density at radius 3 is 2.75 bits per heavy atom. The molecule has 1 aromatic carbocycles. The topological polar surface area (TPSA) is 71.1 Å². The molecule has 1 saturated heterocycles. The van der Waals surface area contributed by atoms with Crippen LogP contribution in [0.15, 0.2) is 18.2 Å². The van der Waals surface area contributed by atoms with Crippen LogP contribution in [0.4, 0.5) is 4.79 Å². The molecule has 0 radical (unpaired) electrons. The van der Waals surface area contributed by atoms with E-state index in [4.69, 9.17) is 9.47 Å². The van der Waals surface area contributed by atoms with Crippen LogP contribution in [-0.4, -0.2) is 54.7 Å². The van der Waals surface area contributed by atoms with Crippen molar-refractivity contribution in [2.45, 2.75) is 51.6 Å². The van der Waals surface area contributed by atoms with Crippen molar-refractivity contribution in [1.82, 2.24) is 15.1 Å². The molecule has 0 bridgehead atoms. The van der Waals surface area contributed by atoms with Gasteiger partial charge in [-0.25, -0.2) is 9.69 Å². The maximum Gasteiger partial charge on any atom is 0.326 e. The Morgan fingerprint density at radius 1 is 1.29 bits per heavy atom. The van der Waals surface area contributed by atoms with Crippen LogP contribution < -0.4 is 14.8 Å². The van der Waals surface area contributed by atoms with Gasteiger partial charge in [-0.05, 0) is 50.4 Å². The molecule has 154 valence electrons. The second kappa shape index (κ2) is 8.39. The van der Waals surface area contributed by atoms with Gasteiger partial charge < -0.3 is 14.8 Å². The van der Waals surface area contributed by atoms with Crippen molar-refractivity contribution in [2.75, 3.05) is 27.4 Å². The van der Waals surface area contributed by atoms with Gasteiger partial charge >= 0.3 is 6.03 Å². The van der Waals surface area contributed by atoms with Crippen LogP contribution in [0.1, 0.15) is 45.1 Å². The van der Waals surface area contributed by atoms with Crippen LogP contribution in [0.5, 0.6) is 11.5 Å². The second-order valence-electron chi connectivity index (χ2n) is 7.86. The lowest BCUT2D eigenvalue weighted by Gasteiger charge is -2.37. The summed E-state index contributed by atoms with van der Waals surface area (Å²) in [6, 6.07) is 5.51. The number of amides is 3. The number of nitrogens with one attached hydrogen (secondary N) is 1. The van der Waals surface area contributed by atoms with Gasteiger partial charge in [-0.15, -0.1) is 0 Å². The first-order valence-electron chi connectivity index (χ1n) is 10.0. The summed E-state index contributed by atoms with van der Waals surface area (Å²) in [6.45, 7) is 5.41. The number of hydrogen-bond donors (Lipinski definition) is 1. The zero-order chi connectivity index (χ0) is 20.3. The molecule has 28 heavy (non-hydrogen) atoms. The van der Waals surface area contributed by atoms with E-state index in [-0.39, 0.29) is 24.5 Å². The highest BCUT2D eigenvalue weighted by atomic mass is 16.5. The van der Waals surface area contributed by atoms with Gasteiger partial charge in [0.2, 0.25) is 0 Å². The Labute approximate surface area is 167 Å². The summed E-state index contributed by atoms with van der Waals surface area (Å²) in [5, 5.41) is 3.00. The third-order valence-corrected chi connectivity index (χ3v) is 5.86. The third kappa shape index (κ3) is 3.81. The Morgan fingerprint density at radius 2 is 2.07 bits per heavy atom. The third-order valence-electron chi connectivity index (χ3n) is 5.86. The fourth-order valence-corrected chi connectivity index (χ4v) is 4.31. The number of benzene rings is 1. The molecule has 1 heterocycles. The lowest BCUT2D eigenvalue weighted by atomic mass is 9.73. The minimum absolute atomic E-state index is 0.0826. The van der Waals surface area contributed by atoms with Crippen LogP contribution >= 0.6 is 0 Å². The van der Waals surface area contributed by atoms with Crippen molar-refractivity contribution < 1.29 is 19.1 Å². The maximum absolute atomic E-state index is 13.1. The van der Waals surface area contributed by atoms with Crippen molar-refractivity contribution in [2.24, 2.45) is 5.92 Å². The molecule has 3 amide bonds. The van der Waals surface area contributed by atoms with E-state index < -0.39 is 5.54 Å². The van der Waals surface area contributed by atoms with Crippen molar-refractivity contribution in [3.05, 3.63) is 23.8 Å². The van der Waals surface area contributed by atoms with Gasteiger partial charge in [0.05, 0.1) is 20.4 Å². The zero-order valence-corrected chi connectivity index (χ0v) is 17.3. The van der Waals surface area contributed by atoms with Crippen LogP contribution in [0.3, 0.4) is 0 Å². The van der Waals surface area contributed by atoms with Crippen molar-refractivity contribution in [1.29, 1.82) is 0 Å². The van der Waals surface area contributed by atoms with Crippen LogP contribution in [-0.2, 0) is 11.3 Å². The summed E-state index contributed by atoms with van der Waals surface area (Å²) in [6.07, 6.45) is 3.80. The average molecular weight is 389 g/mol. The summed E-state index contributed by atoms with van der Waals surface area (Å²) < 4.78 is 11.0. The van der Waals surface area contributed by atoms with E-state index in [2.05, 4.69) is 12.2 Å². The Hall–Kier alpha value is -2.28. The first-order chi connectivity index (χ1) is 13.4. The van der Waals surface area contributed by atoms with E-state index in [1.807, 2.05) is 37.1 Å². The van der Waals surface area contributed by atoms with Gasteiger partial charge in [-0.2, -0.15) is 0 Å². The lowest BCUT2D eigenvalue weighted by Crippen LogP contribution is -2.54. The molecule has 2 aliphatic rings. The van der Waals surface area contributed by atoms with E-state index in [9.17, 15) is 9.59 Å². The largest absolute Gasteiger partial charge is 0.493 e. The molecule has 2 atom stereocenters. The zero-order valence-electron chi connectivity index (χ0n) is 17.3. The quantitative estimate of drug-likeness (QED) is 0.726. The molecule has 1 aliphatic heterocycles. The van der Waals surface area contributed by atoms with Gasteiger partial charge in [0, 0.05) is 6.54 Å². The fraction of sp³-hybridized carbons (Fsp3) is 0.619. The van der Waals surface area contributed by atoms with Gasteiger partial charge in [0.1, 0.15) is 5.54 Å². The highest BCUT2D eigenvalue weighted by Gasteiger charge is 2.54. The molecule has 7 nitrogen and oxygen atoms in total. The summed E-state index contributed by atoms with van der Waals surface area (Å²) in [5.74, 6) is 1.47. The molecular weight excluding hydrogens is 358 g/mol. The minimum Gasteiger partial charge on any atom is -0.493 e. The molecule has 1 aliphatic carbocycles. The van der Waals surface area contributed by atoms with Crippen LogP contribution in [0, 0.1) is 5.92 Å². The van der Waals surface area contributed by atoms with Gasteiger partial charge in [0.15, 0.2) is 11.5 Å². The smallest absolute Gasteiger partial charge is 0.326 e. The predicted molar refractivity (Wildman–Crippen MR) is 106 cm³/mol. The maximum atomic E-state index is 13.1. The molecule has 0 aromatic heterocycles. The number of carbonyl (C=O) groups excluding carboxylic acids is 2. The van der Waals surface area contributed by atoms with Gasteiger partial charge in [-0.1, -0.05) is 25.8 Å². The normalized spacial score (nSPS) is 24.8. The Balaban J connectivity index is 1.67. The summed E-state index contributed by atoms with van der Waals surface area (Å²) >= 11 is 0. The van der Waals surface area contributed by atoms with Gasteiger partial charge in [-0.3, -0.25) is 9.69 Å². The number of nitrogens with zero attached hydrogens (tertiary/aromatic N) is 2. The molecular formula is C21H31N3O4. The predicted octanol–water partition coefficient (Wildman–Crippen LogP) is 2.98. The second-order valence-corrected chi connectivity index (χ2v) is 7.86. The molecule has 1 aromatic rings. The Kier molecular flexibility index (Phi) is 6.13. The van der Waals surface area contributed by atoms with Crippen molar-refractivity contribution >= 4 is 11.9 Å². The highest BCUT2D eigenvalue weighted by Crippen LogP contribution is 2.38. The fourth-order valence-electron chi connectivity index (χ4n) is 4.31. The molecule has 1 spiro atoms. The summed E-state index contributed by atoms with van der Waals surface area (Å²) in [5.41, 5.74) is 0.314. The number of methoxy groups -OCH3 is 1. The number of urea groups is 1. The van der Waals surface area contributed by atoms with Crippen molar-refractivity contribution in [3.63, 3.8) is 0 Å². The minimum atomic E-state index is -0.710. The van der Waals surface area contributed by atoms with Crippen LogP contribution in [0.25, 0.3) is 0 Å². The van der Waals surface area contributed by atoms with Crippen molar-refractivity contribution in [3.8, 4) is 11.5 Å². The molecule has 3 rings (SSSR count). The number of hydrogen-bond acceptors (Lipinski definition) is 5. The van der Waals surface area contributed by atoms with E-state index in [1.54, 1.807) is 7.11 Å². The summed E-state index contributed by atoms with van der Waals surface area (Å²) in [4.78, 5) is 28.9. The lowest BCUT2D eigenvalue weighted by molar-refractivity contribution is -0.135. The number of carbonyl (C=O) groups is 2. The highest BCUT2D eigenvalue weighted by molar-refractivity contribution is 6.07. The number of imide groups is 1. The first kappa shape index (κ1) is 20.5. The standard InChI is InChI=1S/C21H31N3O4/c1-5-28-17-10-9-16(12-18(17)27-4)13-23(3)14-24-19(25)21(22-20(24)26)11-7-6-8-15(21)2/h9-10,12,15H,5-8,11,13-14H2,1-4H3,(H,22,26)/t15-,21-/m0/s1. The van der Waals surface area contributed by atoms with E-state index in [0.717, 1.165) is 31.2 Å². The number of ether oxygens (including phenoxy) is 2. The monoisotopic (exact) mass is 389 g/mol. The summed E-state index contributed by atoms with van der Waals surface area (Å²) in [7, 11) is 3.52. The molecule has 2 fully saturated rings. The molecule has 7 heteroatoms. The molecule has 1 N–H and O–H groups in total. The molecule has 0 unspecified atom stereocenters. The Bertz CT molecular complexity index is 738. The van der Waals surface area contributed by atoms with Gasteiger partial charge in [0.25, 0.3) is 5.91 Å². The first-order valence-corrected chi connectivity index (χ1v) is 10.0. The number of rotatable bonds is 7. The van der Waals surface area contributed by atoms with Crippen LogP contribution in [0.2, 0.25) is 0 Å². The SMILES string of the molecule is CCOc1ccc(CN(C)CN2C(=O)N[C@]3(CCCC[C@@H]3C)C2=O)cc1OC. The average Bonchev–Trinajstić information content (AvgIpc) is 2.90. The van der Waals surface area contributed by atoms with E-state index in [1.165, 1.54) is 4.90 Å². The van der Waals surface area contributed by atoms with E-state index >= 15 is 0 Å². The van der Waals surface area contributed by atoms with E-state index in [0.29, 0.717) is 24.7 Å². The molecule has 1 saturated carbocycles.